The van der Waals surface area contributed by atoms with E-state index in [9.17, 15) is 13.2 Å². The zero-order chi connectivity index (χ0) is 19.8. The molecule has 0 atom stereocenters. The molecular weight excluding hydrogens is 456 g/mol. The summed E-state index contributed by atoms with van der Waals surface area (Å²) in [5.41, 5.74) is 0.424. The first-order chi connectivity index (χ1) is 12.7. The topological polar surface area (TPSA) is 81.1 Å². The average molecular weight is 465 g/mol. The van der Waals surface area contributed by atoms with Crippen molar-refractivity contribution in [3.05, 3.63) is 74.7 Å². The van der Waals surface area contributed by atoms with Gasteiger partial charge in [0.25, 0.3) is 15.9 Å². The summed E-state index contributed by atoms with van der Waals surface area (Å²) in [7, 11) is -4.24. The Hall–Kier alpha value is -1.77. The Morgan fingerprint density at radius 2 is 1.63 bits per heavy atom. The fraction of sp³-hybridized carbons (Fsp3) is 0. The number of benzene rings is 2. The minimum Gasteiger partial charge on any atom is -0.305 e. The van der Waals surface area contributed by atoms with Crippen LogP contribution in [0.5, 0.6) is 0 Å². The Kier molecular flexibility index (Phi) is 5.69. The van der Waals surface area contributed by atoms with Crippen LogP contribution < -0.4 is 4.72 Å². The summed E-state index contributed by atoms with van der Waals surface area (Å²) in [6.45, 7) is 0. The molecule has 0 saturated carbocycles. The third kappa shape index (κ3) is 4.56. The fourth-order valence-corrected chi connectivity index (χ4v) is 4.42. The lowest BCUT2D eigenvalue weighted by atomic mass is 10.3. The van der Waals surface area contributed by atoms with Crippen molar-refractivity contribution in [2.45, 2.75) is 4.90 Å². The van der Waals surface area contributed by atoms with E-state index in [2.05, 4.69) is 4.98 Å². The third-order valence-corrected chi connectivity index (χ3v) is 5.85. The molecule has 0 aliphatic heterocycles. The van der Waals surface area contributed by atoms with E-state index >= 15 is 0 Å². The molecule has 140 valence electrons. The molecule has 1 heterocycles. The van der Waals surface area contributed by atoms with Crippen LogP contribution in [-0.2, 0) is 10.0 Å². The van der Waals surface area contributed by atoms with E-state index in [0.29, 0.717) is 15.7 Å². The van der Waals surface area contributed by atoms with E-state index in [-0.39, 0.29) is 20.6 Å². The highest BCUT2D eigenvalue weighted by Crippen LogP contribution is 2.25. The molecular formula is C16H9Cl4N3O3S. The van der Waals surface area contributed by atoms with Crippen LogP contribution in [0.2, 0.25) is 20.1 Å². The number of hydrogen-bond donors (Lipinski definition) is 1. The number of aromatic nitrogens is 2. The summed E-state index contributed by atoms with van der Waals surface area (Å²) >= 11 is 23.6. The number of nitrogens with zero attached hydrogens (tertiary/aromatic N) is 2. The monoisotopic (exact) mass is 463 g/mol. The number of nitrogens with one attached hydrogen (secondary N) is 1. The summed E-state index contributed by atoms with van der Waals surface area (Å²) in [5, 5.41) is 0.888. The number of imidazole rings is 1. The molecule has 0 unspecified atom stereocenters. The summed E-state index contributed by atoms with van der Waals surface area (Å²) < 4.78 is 28.2. The molecule has 3 aromatic rings. The predicted molar refractivity (Wildman–Crippen MR) is 105 cm³/mol. The largest absolute Gasteiger partial charge is 0.305 e. The van der Waals surface area contributed by atoms with Crippen molar-refractivity contribution in [3.63, 3.8) is 0 Å². The van der Waals surface area contributed by atoms with Gasteiger partial charge >= 0.3 is 0 Å². The molecule has 11 heteroatoms. The summed E-state index contributed by atoms with van der Waals surface area (Å²) in [5.74, 6) is -0.932. The Morgan fingerprint density at radius 1 is 0.963 bits per heavy atom. The molecule has 2 aromatic carbocycles. The van der Waals surface area contributed by atoms with E-state index < -0.39 is 15.9 Å². The first-order valence-corrected chi connectivity index (χ1v) is 10.2. The van der Waals surface area contributed by atoms with Crippen molar-refractivity contribution in [1.82, 2.24) is 14.3 Å². The molecule has 0 bridgehead atoms. The molecule has 27 heavy (non-hydrogen) atoms. The van der Waals surface area contributed by atoms with Crippen molar-refractivity contribution in [3.8, 4) is 5.69 Å². The van der Waals surface area contributed by atoms with Crippen molar-refractivity contribution >= 4 is 62.3 Å². The predicted octanol–water partition coefficient (Wildman–Crippen LogP) is 4.60. The second-order valence-electron chi connectivity index (χ2n) is 5.30. The molecule has 6 nitrogen and oxygen atoms in total. The number of hydrogen-bond acceptors (Lipinski definition) is 4. The highest BCUT2D eigenvalue weighted by Gasteiger charge is 2.23. The zero-order valence-corrected chi connectivity index (χ0v) is 17.0. The smallest absolute Gasteiger partial charge is 0.285 e. The normalized spacial score (nSPS) is 11.4. The molecule has 1 amide bonds. The van der Waals surface area contributed by atoms with Crippen LogP contribution in [0.4, 0.5) is 0 Å². The molecule has 0 spiro atoms. The molecule has 0 aliphatic carbocycles. The number of sulfonamides is 1. The second kappa shape index (κ2) is 7.69. The van der Waals surface area contributed by atoms with E-state index in [1.165, 1.54) is 29.2 Å². The SMILES string of the molecule is O=C(NS(=O)(=O)c1cc(Cl)ccc1Cl)c1cn(-c2cc(Cl)cc(Cl)c2)cn1. The highest BCUT2D eigenvalue weighted by molar-refractivity contribution is 7.90. The van der Waals surface area contributed by atoms with E-state index in [1.807, 2.05) is 4.72 Å². The van der Waals surface area contributed by atoms with Crippen LogP contribution in [-0.4, -0.2) is 23.9 Å². The summed E-state index contributed by atoms with van der Waals surface area (Å²) in [4.78, 5) is 15.9. The van der Waals surface area contributed by atoms with Gasteiger partial charge in [-0.2, -0.15) is 0 Å². The minimum atomic E-state index is -4.24. The zero-order valence-electron chi connectivity index (χ0n) is 13.2. The number of halogens is 4. The highest BCUT2D eigenvalue weighted by atomic mass is 35.5. The van der Waals surface area contributed by atoms with Crippen LogP contribution in [0.3, 0.4) is 0 Å². The fourth-order valence-electron chi connectivity index (χ4n) is 2.18. The van der Waals surface area contributed by atoms with Gasteiger partial charge in [0.15, 0.2) is 0 Å². The van der Waals surface area contributed by atoms with Crippen LogP contribution >= 0.6 is 46.4 Å². The van der Waals surface area contributed by atoms with Gasteiger partial charge in [0.1, 0.15) is 16.9 Å². The maximum absolute atomic E-state index is 12.4. The molecule has 0 aliphatic rings. The lowest BCUT2D eigenvalue weighted by Gasteiger charge is -2.07. The number of amides is 1. The van der Waals surface area contributed by atoms with Gasteiger partial charge in [0.05, 0.1) is 5.02 Å². The van der Waals surface area contributed by atoms with Crippen LogP contribution in [0.15, 0.2) is 53.8 Å². The van der Waals surface area contributed by atoms with Crippen LogP contribution in [0, 0.1) is 0 Å². The van der Waals surface area contributed by atoms with E-state index in [0.717, 1.165) is 6.07 Å². The average Bonchev–Trinajstić information content (AvgIpc) is 3.06. The third-order valence-electron chi connectivity index (χ3n) is 3.37. The lowest BCUT2D eigenvalue weighted by molar-refractivity contribution is 0.0977. The van der Waals surface area contributed by atoms with Crippen molar-refractivity contribution < 1.29 is 13.2 Å². The molecule has 0 saturated heterocycles. The molecule has 1 N–H and O–H groups in total. The molecule has 1 aromatic heterocycles. The standard InChI is InChI=1S/C16H9Cl4N3O3S/c17-9-1-2-13(20)15(6-9)27(25,26)22-16(24)14-7-23(8-21-14)12-4-10(18)3-11(19)5-12/h1-8H,(H,22,24). The van der Waals surface area contributed by atoms with Crippen molar-refractivity contribution in [2.24, 2.45) is 0 Å². The minimum absolute atomic E-state index is 0.0706. The quantitative estimate of drug-likeness (QED) is 0.611. The van der Waals surface area contributed by atoms with Crippen molar-refractivity contribution in [1.29, 1.82) is 0 Å². The maximum Gasteiger partial charge on any atom is 0.285 e. The Balaban J connectivity index is 1.87. The van der Waals surface area contributed by atoms with Gasteiger partial charge in [0, 0.05) is 27.0 Å². The first-order valence-electron chi connectivity index (χ1n) is 7.18. The van der Waals surface area contributed by atoms with Gasteiger partial charge in [-0.3, -0.25) is 4.79 Å². The second-order valence-corrected chi connectivity index (χ2v) is 8.67. The van der Waals surface area contributed by atoms with Crippen molar-refractivity contribution in [2.75, 3.05) is 0 Å². The lowest BCUT2D eigenvalue weighted by Crippen LogP contribution is -2.31. The van der Waals surface area contributed by atoms with Crippen LogP contribution in [0.25, 0.3) is 5.69 Å². The Morgan fingerprint density at radius 3 is 2.30 bits per heavy atom. The molecule has 0 fully saturated rings. The van der Waals surface area contributed by atoms with Gasteiger partial charge in [-0.15, -0.1) is 0 Å². The van der Waals surface area contributed by atoms with E-state index in [4.69, 9.17) is 46.4 Å². The van der Waals surface area contributed by atoms with Gasteiger partial charge in [0.2, 0.25) is 0 Å². The van der Waals surface area contributed by atoms with E-state index in [1.54, 1.807) is 18.2 Å². The number of carbonyl (C=O) groups excluding carboxylic acids is 1. The Bertz CT molecular complexity index is 1130. The molecule has 3 rings (SSSR count). The summed E-state index contributed by atoms with van der Waals surface area (Å²) in [6.07, 6.45) is 2.67. The van der Waals surface area contributed by atoms with Gasteiger partial charge in [-0.05, 0) is 36.4 Å². The number of carbonyl (C=O) groups is 1. The first kappa shape index (κ1) is 20.0. The Labute approximate surface area is 174 Å². The van der Waals surface area contributed by atoms with Gasteiger partial charge in [-0.25, -0.2) is 18.1 Å². The number of rotatable bonds is 4. The summed E-state index contributed by atoms with van der Waals surface area (Å²) in [6, 6.07) is 8.67. The van der Waals surface area contributed by atoms with Crippen LogP contribution in [0.1, 0.15) is 10.5 Å². The van der Waals surface area contributed by atoms with Gasteiger partial charge < -0.3 is 4.57 Å². The molecule has 0 radical (unpaired) electrons. The maximum atomic E-state index is 12.4. The van der Waals surface area contributed by atoms with Gasteiger partial charge in [-0.1, -0.05) is 46.4 Å².